The van der Waals surface area contributed by atoms with Gasteiger partial charge in [0, 0.05) is 26.6 Å². The fourth-order valence-electron chi connectivity index (χ4n) is 1.11. The third kappa shape index (κ3) is 3.85. The fourth-order valence-corrected chi connectivity index (χ4v) is 1.11. The molecule has 5 heteroatoms. The van der Waals surface area contributed by atoms with E-state index < -0.39 is 0 Å². The number of aliphatic hydroxyl groups is 1. The van der Waals surface area contributed by atoms with Crippen molar-refractivity contribution in [3.63, 3.8) is 0 Å². The molecular formula is C9H18N4O. The van der Waals surface area contributed by atoms with E-state index >= 15 is 0 Å². The lowest BCUT2D eigenvalue weighted by atomic mass is 10.2. The number of hydrogen-bond donors (Lipinski definition) is 2. The average molecular weight is 198 g/mol. The van der Waals surface area contributed by atoms with Gasteiger partial charge in [-0.2, -0.15) is 5.10 Å². The third-order valence-corrected chi connectivity index (χ3v) is 1.98. The Morgan fingerprint density at radius 3 is 3.00 bits per heavy atom. The SMILES string of the molecule is CC(CO)CNCCc1ncn(C)n1. The molecular weight excluding hydrogens is 180 g/mol. The van der Waals surface area contributed by atoms with Crippen LogP contribution in [0.3, 0.4) is 0 Å². The molecule has 0 aliphatic rings. The highest BCUT2D eigenvalue weighted by Crippen LogP contribution is 1.91. The molecule has 0 aliphatic carbocycles. The lowest BCUT2D eigenvalue weighted by molar-refractivity contribution is 0.234. The van der Waals surface area contributed by atoms with E-state index in [4.69, 9.17) is 5.11 Å². The van der Waals surface area contributed by atoms with Gasteiger partial charge in [-0.05, 0) is 12.5 Å². The summed E-state index contributed by atoms with van der Waals surface area (Å²) in [5.74, 6) is 1.17. The van der Waals surface area contributed by atoms with Crippen LogP contribution >= 0.6 is 0 Å². The summed E-state index contributed by atoms with van der Waals surface area (Å²) in [5, 5.41) is 16.2. The second-order valence-electron chi connectivity index (χ2n) is 3.58. The first-order valence-corrected chi connectivity index (χ1v) is 4.88. The van der Waals surface area contributed by atoms with Crippen molar-refractivity contribution in [1.29, 1.82) is 0 Å². The summed E-state index contributed by atoms with van der Waals surface area (Å²) in [7, 11) is 1.86. The van der Waals surface area contributed by atoms with Gasteiger partial charge in [0.1, 0.15) is 6.33 Å². The number of hydrogen-bond acceptors (Lipinski definition) is 4. The molecule has 1 aromatic heterocycles. The van der Waals surface area contributed by atoms with Gasteiger partial charge in [0.05, 0.1) is 0 Å². The second kappa shape index (κ2) is 5.72. The summed E-state index contributed by atoms with van der Waals surface area (Å²) >= 11 is 0. The predicted molar refractivity (Wildman–Crippen MR) is 53.8 cm³/mol. The van der Waals surface area contributed by atoms with Crippen molar-refractivity contribution in [3.05, 3.63) is 12.2 Å². The van der Waals surface area contributed by atoms with Crippen molar-refractivity contribution < 1.29 is 5.11 Å². The first-order chi connectivity index (χ1) is 6.72. The minimum atomic E-state index is 0.231. The van der Waals surface area contributed by atoms with Crippen LogP contribution in [0.2, 0.25) is 0 Å². The smallest absolute Gasteiger partial charge is 0.151 e. The maximum Gasteiger partial charge on any atom is 0.151 e. The Morgan fingerprint density at radius 1 is 1.64 bits per heavy atom. The molecule has 1 aromatic rings. The molecule has 1 heterocycles. The van der Waals surface area contributed by atoms with E-state index in [0.717, 1.165) is 25.3 Å². The summed E-state index contributed by atoms with van der Waals surface area (Å²) in [5.41, 5.74) is 0. The van der Waals surface area contributed by atoms with Crippen LogP contribution in [0.4, 0.5) is 0 Å². The molecule has 0 saturated heterocycles. The van der Waals surface area contributed by atoms with E-state index in [9.17, 15) is 0 Å². The largest absolute Gasteiger partial charge is 0.396 e. The highest BCUT2D eigenvalue weighted by molar-refractivity contribution is 4.81. The minimum Gasteiger partial charge on any atom is -0.396 e. The standard InChI is InChI=1S/C9H18N4O/c1-8(6-14)5-10-4-3-9-11-7-13(2)12-9/h7-8,10,14H,3-6H2,1-2H3. The third-order valence-electron chi connectivity index (χ3n) is 1.98. The van der Waals surface area contributed by atoms with E-state index in [1.165, 1.54) is 0 Å². The molecule has 5 nitrogen and oxygen atoms in total. The molecule has 0 radical (unpaired) electrons. The molecule has 0 bridgehead atoms. The van der Waals surface area contributed by atoms with Crippen LogP contribution in [0.15, 0.2) is 6.33 Å². The maximum absolute atomic E-state index is 8.79. The molecule has 14 heavy (non-hydrogen) atoms. The van der Waals surface area contributed by atoms with Gasteiger partial charge in [-0.1, -0.05) is 6.92 Å². The van der Waals surface area contributed by atoms with Crippen LogP contribution in [0.5, 0.6) is 0 Å². The van der Waals surface area contributed by atoms with Crippen molar-refractivity contribution in [1.82, 2.24) is 20.1 Å². The monoisotopic (exact) mass is 198 g/mol. The van der Waals surface area contributed by atoms with E-state index in [2.05, 4.69) is 15.4 Å². The number of rotatable bonds is 6. The van der Waals surface area contributed by atoms with Gasteiger partial charge >= 0.3 is 0 Å². The Morgan fingerprint density at radius 2 is 2.43 bits per heavy atom. The van der Waals surface area contributed by atoms with Crippen LogP contribution in [0.1, 0.15) is 12.7 Å². The Bertz CT molecular complexity index is 261. The number of aryl methyl sites for hydroxylation is 1. The molecule has 1 unspecified atom stereocenters. The summed E-state index contributed by atoms with van der Waals surface area (Å²) in [6.45, 7) is 3.93. The van der Waals surface area contributed by atoms with Crippen molar-refractivity contribution in [2.75, 3.05) is 19.7 Å². The van der Waals surface area contributed by atoms with Gasteiger partial charge in [0.25, 0.3) is 0 Å². The van der Waals surface area contributed by atoms with Gasteiger partial charge in [0.2, 0.25) is 0 Å². The summed E-state index contributed by atoms with van der Waals surface area (Å²) < 4.78 is 1.70. The number of aliphatic hydroxyl groups excluding tert-OH is 1. The van der Waals surface area contributed by atoms with E-state index in [1.54, 1.807) is 11.0 Å². The Kier molecular flexibility index (Phi) is 4.55. The van der Waals surface area contributed by atoms with Gasteiger partial charge in [-0.3, -0.25) is 4.68 Å². The zero-order valence-corrected chi connectivity index (χ0v) is 8.77. The average Bonchev–Trinajstić information content (AvgIpc) is 2.58. The highest BCUT2D eigenvalue weighted by Gasteiger charge is 2.00. The number of aromatic nitrogens is 3. The molecule has 0 saturated carbocycles. The van der Waals surface area contributed by atoms with Crippen molar-refractivity contribution in [2.45, 2.75) is 13.3 Å². The summed E-state index contributed by atoms with van der Waals surface area (Å²) in [4.78, 5) is 4.12. The first kappa shape index (κ1) is 11.1. The predicted octanol–water partition coefficient (Wildman–Crippen LogP) is -0.424. The zero-order valence-electron chi connectivity index (χ0n) is 8.77. The molecule has 2 N–H and O–H groups in total. The Hall–Kier alpha value is -0.940. The van der Waals surface area contributed by atoms with Gasteiger partial charge < -0.3 is 10.4 Å². The second-order valence-corrected chi connectivity index (χ2v) is 3.58. The molecule has 80 valence electrons. The quantitative estimate of drug-likeness (QED) is 0.609. The van der Waals surface area contributed by atoms with E-state index in [-0.39, 0.29) is 6.61 Å². The van der Waals surface area contributed by atoms with Crippen molar-refractivity contribution in [3.8, 4) is 0 Å². The Labute approximate surface area is 84.2 Å². The first-order valence-electron chi connectivity index (χ1n) is 4.88. The molecule has 0 aromatic carbocycles. The van der Waals surface area contributed by atoms with Crippen LogP contribution in [-0.2, 0) is 13.5 Å². The lowest BCUT2D eigenvalue weighted by Crippen LogP contribution is -2.25. The Balaban J connectivity index is 2.10. The van der Waals surface area contributed by atoms with Gasteiger partial charge in [-0.25, -0.2) is 4.98 Å². The fraction of sp³-hybridized carbons (Fsp3) is 0.778. The lowest BCUT2D eigenvalue weighted by Gasteiger charge is -2.07. The number of nitrogens with one attached hydrogen (secondary N) is 1. The maximum atomic E-state index is 8.79. The zero-order chi connectivity index (χ0) is 10.4. The van der Waals surface area contributed by atoms with Crippen LogP contribution in [0.25, 0.3) is 0 Å². The molecule has 1 rings (SSSR count). The molecule has 0 fully saturated rings. The topological polar surface area (TPSA) is 63.0 Å². The minimum absolute atomic E-state index is 0.231. The summed E-state index contributed by atoms with van der Waals surface area (Å²) in [6, 6.07) is 0. The van der Waals surface area contributed by atoms with Crippen molar-refractivity contribution in [2.24, 2.45) is 13.0 Å². The van der Waals surface area contributed by atoms with Gasteiger partial charge in [0.15, 0.2) is 5.82 Å². The highest BCUT2D eigenvalue weighted by atomic mass is 16.3. The molecule has 0 amide bonds. The van der Waals surface area contributed by atoms with Crippen LogP contribution in [0, 0.1) is 5.92 Å². The van der Waals surface area contributed by atoms with Crippen LogP contribution < -0.4 is 5.32 Å². The molecule has 0 spiro atoms. The normalized spacial score (nSPS) is 13.1. The van der Waals surface area contributed by atoms with Gasteiger partial charge in [-0.15, -0.1) is 0 Å². The number of nitrogens with zero attached hydrogens (tertiary/aromatic N) is 3. The van der Waals surface area contributed by atoms with E-state index in [1.807, 2.05) is 14.0 Å². The van der Waals surface area contributed by atoms with Crippen LogP contribution in [-0.4, -0.2) is 39.6 Å². The molecule has 0 aliphatic heterocycles. The van der Waals surface area contributed by atoms with Crippen molar-refractivity contribution >= 4 is 0 Å². The van der Waals surface area contributed by atoms with E-state index in [0.29, 0.717) is 5.92 Å². The summed E-state index contributed by atoms with van der Waals surface area (Å²) in [6.07, 6.45) is 2.53. The molecule has 1 atom stereocenters.